The summed E-state index contributed by atoms with van der Waals surface area (Å²) in [6.45, 7) is 4.80. The maximum absolute atomic E-state index is 13.0. The average Bonchev–Trinajstić information content (AvgIpc) is 3.36. The van der Waals surface area contributed by atoms with Crippen molar-refractivity contribution in [2.45, 2.75) is 309 Å². The number of quaternary nitrogens is 1. The van der Waals surface area contributed by atoms with Gasteiger partial charge in [0, 0.05) is 6.42 Å². The number of allylic oxidation sites excluding steroid dienone is 9. The first-order valence-corrected chi connectivity index (χ1v) is 33.2. The topological polar surface area (TPSA) is 105 Å². The van der Waals surface area contributed by atoms with E-state index in [1.165, 1.54) is 225 Å². The molecule has 0 aliphatic carbocycles. The Balaban J connectivity index is 4.20. The number of carbonyl (C=O) groups excluding carboxylic acids is 1. The zero-order valence-corrected chi connectivity index (χ0v) is 50.5. The molecule has 3 atom stereocenters. The summed E-state index contributed by atoms with van der Waals surface area (Å²) in [4.78, 5) is 23.3. The molecule has 9 heteroatoms. The van der Waals surface area contributed by atoms with E-state index in [9.17, 15) is 19.4 Å². The third-order valence-corrected chi connectivity index (χ3v) is 15.2. The van der Waals surface area contributed by atoms with E-state index in [0.29, 0.717) is 17.4 Å². The Morgan fingerprint density at radius 3 is 1.16 bits per heavy atom. The first-order chi connectivity index (χ1) is 36.0. The van der Waals surface area contributed by atoms with Gasteiger partial charge < -0.3 is 19.8 Å². The van der Waals surface area contributed by atoms with Gasteiger partial charge in [0.15, 0.2) is 0 Å². The molecule has 0 saturated heterocycles. The van der Waals surface area contributed by atoms with Crippen molar-refractivity contribution in [3.63, 3.8) is 0 Å². The third kappa shape index (κ3) is 57.9. The van der Waals surface area contributed by atoms with Crippen LogP contribution in [0.2, 0.25) is 0 Å². The molecule has 0 aromatic heterocycles. The van der Waals surface area contributed by atoms with Crippen molar-refractivity contribution < 1.29 is 32.9 Å². The van der Waals surface area contributed by atoms with Crippen LogP contribution in [0.15, 0.2) is 60.8 Å². The van der Waals surface area contributed by atoms with Crippen molar-refractivity contribution >= 4 is 13.7 Å². The lowest BCUT2D eigenvalue weighted by atomic mass is 10.0. The number of rotatable bonds is 58. The highest BCUT2D eigenvalue weighted by Gasteiger charge is 2.27. The summed E-state index contributed by atoms with van der Waals surface area (Å²) in [6, 6.07) is -0.876. The molecule has 3 unspecified atom stereocenters. The van der Waals surface area contributed by atoms with E-state index in [1.807, 2.05) is 27.2 Å². The summed E-state index contributed by atoms with van der Waals surface area (Å²) in [6.07, 6.45) is 76.4. The first-order valence-electron chi connectivity index (χ1n) is 31.7. The van der Waals surface area contributed by atoms with Crippen LogP contribution in [0.25, 0.3) is 0 Å². The molecular weight excluding hydrogens is 936 g/mol. The molecule has 8 nitrogen and oxygen atoms in total. The van der Waals surface area contributed by atoms with Gasteiger partial charge in [0.1, 0.15) is 13.2 Å². The second-order valence-electron chi connectivity index (χ2n) is 22.8. The van der Waals surface area contributed by atoms with Crippen molar-refractivity contribution in [2.75, 3.05) is 40.9 Å². The molecule has 3 N–H and O–H groups in total. The lowest BCUT2D eigenvalue weighted by Crippen LogP contribution is -2.45. The minimum absolute atomic E-state index is 0.0511. The number of hydrogen-bond donors (Lipinski definition) is 3. The second kappa shape index (κ2) is 55.9. The van der Waals surface area contributed by atoms with Crippen molar-refractivity contribution in [3.8, 4) is 0 Å². The molecule has 0 aromatic rings. The molecule has 0 heterocycles. The zero-order valence-electron chi connectivity index (χ0n) is 49.6. The van der Waals surface area contributed by atoms with Crippen LogP contribution < -0.4 is 5.32 Å². The Morgan fingerprint density at radius 1 is 0.459 bits per heavy atom. The highest BCUT2D eigenvalue weighted by molar-refractivity contribution is 7.47. The number of phosphoric acid groups is 1. The minimum atomic E-state index is -4.37. The molecule has 0 aromatic carbocycles. The molecule has 0 radical (unpaired) electrons. The standard InChI is InChI=1S/C65H123N2O6P/c1-6-8-10-12-14-16-18-20-22-24-26-28-29-30-31-32-33-34-35-36-37-39-40-42-44-46-48-50-52-54-56-58-64(68)63(62-73-74(70,71)72-61-60-67(3,4)5)66-65(69)59-57-55-53-51-49-47-45-43-41-38-27-25-23-21-19-17-15-13-11-9-7-2/h19,21,25,27,40,42,48,50,56,58,63-64,68H,6-18,20,22-24,26,28-39,41,43-47,49,51-55,57,59-62H2,1-5H3,(H-,66,69,70,71)/p+1/b21-19-,27-25-,42-40+,50-48+,58-56+. The number of nitrogens with zero attached hydrogens (tertiary/aromatic N) is 1. The predicted molar refractivity (Wildman–Crippen MR) is 323 cm³/mol. The SMILES string of the molecule is CCCCCCC/C=C\C/C=C\CCCCCCCCCCCC(=O)NC(COP(=O)(O)OCC[N+](C)(C)C)C(O)/C=C/CC/C=C/CC/C=C/CCCCCCCCCCCCCCCCCCCCCCC. The molecule has 0 rings (SSSR count). The molecule has 0 aliphatic rings. The number of unbranched alkanes of at least 4 members (excludes halogenated alkanes) is 37. The van der Waals surface area contributed by atoms with Gasteiger partial charge in [-0.25, -0.2) is 4.57 Å². The molecule has 74 heavy (non-hydrogen) atoms. The normalized spacial score (nSPS) is 14.2. The van der Waals surface area contributed by atoms with Crippen LogP contribution in [0, 0.1) is 0 Å². The quantitative estimate of drug-likeness (QED) is 0.0243. The van der Waals surface area contributed by atoms with Crippen molar-refractivity contribution in [1.29, 1.82) is 0 Å². The largest absolute Gasteiger partial charge is 0.472 e. The Morgan fingerprint density at radius 2 is 0.784 bits per heavy atom. The van der Waals surface area contributed by atoms with Crippen LogP contribution in [-0.2, 0) is 18.4 Å². The minimum Gasteiger partial charge on any atom is -0.387 e. The van der Waals surface area contributed by atoms with Crippen molar-refractivity contribution in [3.05, 3.63) is 60.8 Å². The molecule has 0 saturated carbocycles. The van der Waals surface area contributed by atoms with Crippen LogP contribution in [0.4, 0.5) is 0 Å². The monoisotopic (exact) mass is 1060 g/mol. The Bertz CT molecular complexity index is 1390. The number of nitrogens with one attached hydrogen (secondary N) is 1. The number of aliphatic hydroxyl groups excluding tert-OH is 1. The molecule has 434 valence electrons. The fourth-order valence-corrected chi connectivity index (χ4v) is 9.96. The number of aliphatic hydroxyl groups is 1. The van der Waals surface area contributed by atoms with Gasteiger partial charge in [-0.1, -0.05) is 274 Å². The van der Waals surface area contributed by atoms with Crippen LogP contribution >= 0.6 is 7.82 Å². The second-order valence-corrected chi connectivity index (χ2v) is 24.2. The van der Waals surface area contributed by atoms with Gasteiger partial charge in [-0.15, -0.1) is 0 Å². The summed E-state index contributed by atoms with van der Waals surface area (Å²) in [5.74, 6) is -0.194. The van der Waals surface area contributed by atoms with Crippen LogP contribution in [-0.4, -0.2) is 73.4 Å². The molecule has 0 aliphatic heterocycles. The molecule has 1 amide bonds. The number of amides is 1. The summed E-state index contributed by atoms with van der Waals surface area (Å²) in [7, 11) is 1.54. The third-order valence-electron chi connectivity index (χ3n) is 14.2. The summed E-state index contributed by atoms with van der Waals surface area (Å²) in [5.41, 5.74) is 0. The van der Waals surface area contributed by atoms with Gasteiger partial charge in [0.25, 0.3) is 0 Å². The van der Waals surface area contributed by atoms with Gasteiger partial charge >= 0.3 is 7.82 Å². The van der Waals surface area contributed by atoms with Crippen LogP contribution in [0.5, 0.6) is 0 Å². The highest BCUT2D eigenvalue weighted by atomic mass is 31.2. The molecular formula is C65H124N2O6P+. The van der Waals surface area contributed by atoms with Crippen molar-refractivity contribution in [1.82, 2.24) is 5.32 Å². The summed E-state index contributed by atoms with van der Waals surface area (Å²) >= 11 is 0. The van der Waals surface area contributed by atoms with Gasteiger partial charge in [-0.2, -0.15) is 0 Å². The average molecular weight is 1060 g/mol. The number of phosphoric ester groups is 1. The first kappa shape index (κ1) is 72.2. The summed E-state index contributed by atoms with van der Waals surface area (Å²) < 4.78 is 23.7. The lowest BCUT2D eigenvalue weighted by molar-refractivity contribution is -0.870. The predicted octanol–water partition coefficient (Wildman–Crippen LogP) is 19.7. The van der Waals surface area contributed by atoms with E-state index in [-0.39, 0.29) is 19.1 Å². The Hall–Kier alpha value is -1.80. The highest BCUT2D eigenvalue weighted by Crippen LogP contribution is 2.43. The molecule has 0 bridgehead atoms. The number of hydrogen-bond acceptors (Lipinski definition) is 5. The van der Waals surface area contributed by atoms with E-state index in [0.717, 1.165) is 51.4 Å². The molecule has 0 fully saturated rings. The number of likely N-dealkylation sites (N-methyl/N-ethyl adjacent to an activating group) is 1. The van der Waals surface area contributed by atoms with Crippen molar-refractivity contribution in [2.24, 2.45) is 0 Å². The maximum atomic E-state index is 13.0. The van der Waals surface area contributed by atoms with Gasteiger partial charge in [0.05, 0.1) is 39.9 Å². The lowest BCUT2D eigenvalue weighted by Gasteiger charge is -2.25. The fraction of sp³-hybridized carbons (Fsp3) is 0.831. The Labute approximate surface area is 460 Å². The van der Waals surface area contributed by atoms with Crippen LogP contribution in [0.1, 0.15) is 296 Å². The van der Waals surface area contributed by atoms with Gasteiger partial charge in [0.2, 0.25) is 5.91 Å². The Kier molecular flexibility index (Phi) is 54.6. The van der Waals surface area contributed by atoms with E-state index < -0.39 is 20.0 Å². The van der Waals surface area contributed by atoms with E-state index in [2.05, 4.69) is 67.8 Å². The van der Waals surface area contributed by atoms with Crippen LogP contribution in [0.3, 0.4) is 0 Å². The van der Waals surface area contributed by atoms with E-state index in [1.54, 1.807) is 6.08 Å². The van der Waals surface area contributed by atoms with E-state index >= 15 is 0 Å². The van der Waals surface area contributed by atoms with Gasteiger partial charge in [-0.3, -0.25) is 13.8 Å². The summed E-state index contributed by atoms with van der Waals surface area (Å²) in [5, 5.41) is 13.9. The molecule has 0 spiro atoms. The van der Waals surface area contributed by atoms with E-state index in [4.69, 9.17) is 9.05 Å². The maximum Gasteiger partial charge on any atom is 0.472 e. The zero-order chi connectivity index (χ0) is 54.2. The number of carbonyl (C=O) groups is 1. The fourth-order valence-electron chi connectivity index (χ4n) is 9.22. The van der Waals surface area contributed by atoms with Gasteiger partial charge in [-0.05, 0) is 77.0 Å². The smallest absolute Gasteiger partial charge is 0.387 e.